The first-order chi connectivity index (χ1) is 15.3. The second-order valence-electron chi connectivity index (χ2n) is 8.34. The molecule has 2 aliphatic heterocycles. The van der Waals surface area contributed by atoms with Gasteiger partial charge in [0.1, 0.15) is 5.65 Å². The Bertz CT molecular complexity index is 1230. The number of nitrogens with zero attached hydrogens (tertiary/aromatic N) is 4. The van der Waals surface area contributed by atoms with E-state index in [1.165, 1.54) is 10.3 Å². The van der Waals surface area contributed by atoms with Crippen molar-refractivity contribution in [2.24, 2.45) is 0 Å². The fraction of sp³-hybridized carbons (Fsp3) is 0.435. The molecule has 7 nitrogen and oxygen atoms in total. The zero-order valence-electron chi connectivity index (χ0n) is 17.5. The van der Waals surface area contributed by atoms with Crippen molar-refractivity contribution in [2.75, 3.05) is 37.9 Å². The van der Waals surface area contributed by atoms with Crippen LogP contribution >= 0.6 is 11.3 Å². The quantitative estimate of drug-likeness (QED) is 0.515. The highest BCUT2D eigenvalue weighted by Crippen LogP contribution is 2.41. The summed E-state index contributed by atoms with van der Waals surface area (Å²) in [5.74, 6) is 2.28. The van der Waals surface area contributed by atoms with Gasteiger partial charge in [-0.05, 0) is 48.8 Å². The third-order valence-corrected chi connectivity index (χ3v) is 7.41. The molecule has 0 radical (unpaired) electrons. The minimum Gasteiger partial charge on any atom is -0.381 e. The lowest BCUT2D eigenvalue weighted by atomic mass is 9.93. The standard InChI is InChI=1S/C23H25N5O2S/c1-14-12-30-11-8-28(14)23-20-19(18(13-31-20)15-4-9-29-10-5-15)26-22(27-23)17-3-7-25-21-16(17)2-6-24-21/h2-3,6-7,13-15H,4-5,8-12H2,1H3,(H,24,25)/t14-/m1/s1. The average Bonchev–Trinajstić information content (AvgIpc) is 3.46. The zero-order valence-corrected chi connectivity index (χ0v) is 18.3. The summed E-state index contributed by atoms with van der Waals surface area (Å²) in [6, 6.07) is 4.35. The summed E-state index contributed by atoms with van der Waals surface area (Å²) in [5, 5.41) is 3.34. The molecule has 0 saturated carbocycles. The summed E-state index contributed by atoms with van der Waals surface area (Å²) in [7, 11) is 0. The largest absolute Gasteiger partial charge is 0.381 e. The molecule has 0 aromatic carbocycles. The van der Waals surface area contributed by atoms with E-state index in [0.29, 0.717) is 5.92 Å². The lowest BCUT2D eigenvalue weighted by Gasteiger charge is -2.34. The summed E-state index contributed by atoms with van der Waals surface area (Å²) in [4.78, 5) is 20.3. The molecule has 4 aromatic rings. The Hall–Kier alpha value is -2.55. The topological polar surface area (TPSA) is 76.2 Å². The highest BCUT2D eigenvalue weighted by Gasteiger charge is 2.28. The van der Waals surface area contributed by atoms with Crippen molar-refractivity contribution in [3.8, 4) is 11.4 Å². The van der Waals surface area contributed by atoms with Gasteiger partial charge in [-0.1, -0.05) is 0 Å². The van der Waals surface area contributed by atoms with E-state index in [0.717, 1.165) is 79.6 Å². The van der Waals surface area contributed by atoms with Crippen LogP contribution in [0.3, 0.4) is 0 Å². The van der Waals surface area contributed by atoms with Crippen molar-refractivity contribution in [2.45, 2.75) is 31.7 Å². The van der Waals surface area contributed by atoms with Crippen LogP contribution < -0.4 is 4.90 Å². The van der Waals surface area contributed by atoms with Crippen LogP contribution in [0.25, 0.3) is 32.6 Å². The van der Waals surface area contributed by atoms with Gasteiger partial charge in [-0.3, -0.25) is 0 Å². The number of nitrogens with one attached hydrogen (secondary N) is 1. The SMILES string of the molecule is C[C@@H]1COCCN1c1nc(-c2ccnc3[nH]ccc23)nc2c(C3CCOCC3)csc12. The minimum atomic E-state index is 0.276. The number of aromatic amines is 1. The fourth-order valence-corrected chi connectivity index (χ4v) is 5.82. The van der Waals surface area contributed by atoms with Crippen molar-refractivity contribution in [1.82, 2.24) is 19.9 Å². The number of ether oxygens (including phenoxy) is 2. The Morgan fingerprint density at radius 3 is 2.90 bits per heavy atom. The first-order valence-corrected chi connectivity index (χ1v) is 11.8. The Balaban J connectivity index is 1.57. The second kappa shape index (κ2) is 7.85. The van der Waals surface area contributed by atoms with Crippen LogP contribution in [0.1, 0.15) is 31.2 Å². The van der Waals surface area contributed by atoms with Gasteiger partial charge in [-0.15, -0.1) is 11.3 Å². The van der Waals surface area contributed by atoms with Crippen molar-refractivity contribution in [1.29, 1.82) is 0 Å². The summed E-state index contributed by atoms with van der Waals surface area (Å²) >= 11 is 1.77. The average molecular weight is 436 g/mol. The number of hydrogen-bond donors (Lipinski definition) is 1. The molecule has 1 N–H and O–H groups in total. The number of H-pyrrole nitrogens is 1. The maximum Gasteiger partial charge on any atom is 0.163 e. The normalized spacial score (nSPS) is 20.7. The Kier molecular flexibility index (Phi) is 4.85. The molecule has 0 bridgehead atoms. The smallest absolute Gasteiger partial charge is 0.163 e. The molecule has 0 spiro atoms. The molecule has 31 heavy (non-hydrogen) atoms. The van der Waals surface area contributed by atoms with Crippen LogP contribution in [0, 0.1) is 0 Å². The van der Waals surface area contributed by atoms with Gasteiger partial charge in [0.15, 0.2) is 11.6 Å². The Morgan fingerprint density at radius 1 is 1.13 bits per heavy atom. The van der Waals surface area contributed by atoms with Gasteiger partial charge in [-0.25, -0.2) is 15.0 Å². The predicted molar refractivity (Wildman–Crippen MR) is 123 cm³/mol. The van der Waals surface area contributed by atoms with Gasteiger partial charge >= 0.3 is 0 Å². The van der Waals surface area contributed by atoms with Gasteiger partial charge in [-0.2, -0.15) is 0 Å². The summed E-state index contributed by atoms with van der Waals surface area (Å²) in [6.45, 7) is 6.13. The van der Waals surface area contributed by atoms with E-state index in [1.54, 1.807) is 11.3 Å². The first kappa shape index (κ1) is 19.2. The number of pyridine rings is 1. The molecular weight excluding hydrogens is 410 g/mol. The number of thiophene rings is 1. The van der Waals surface area contributed by atoms with Crippen molar-refractivity contribution < 1.29 is 9.47 Å². The van der Waals surface area contributed by atoms with Gasteiger partial charge < -0.3 is 19.4 Å². The Morgan fingerprint density at radius 2 is 2.03 bits per heavy atom. The van der Waals surface area contributed by atoms with Gasteiger partial charge in [0, 0.05) is 43.1 Å². The van der Waals surface area contributed by atoms with Crippen molar-refractivity contribution in [3.63, 3.8) is 0 Å². The van der Waals surface area contributed by atoms with Crippen LogP contribution in [-0.2, 0) is 9.47 Å². The van der Waals surface area contributed by atoms with Gasteiger partial charge in [0.25, 0.3) is 0 Å². The molecule has 8 heteroatoms. The van der Waals surface area contributed by atoms with Crippen molar-refractivity contribution >= 4 is 38.4 Å². The summed E-state index contributed by atoms with van der Waals surface area (Å²) in [6.07, 6.45) is 5.84. The molecule has 160 valence electrons. The number of hydrogen-bond acceptors (Lipinski definition) is 7. The lowest BCUT2D eigenvalue weighted by Crippen LogP contribution is -2.44. The molecule has 2 saturated heterocycles. The van der Waals surface area contributed by atoms with E-state index in [9.17, 15) is 0 Å². The molecule has 0 unspecified atom stereocenters. The molecule has 6 heterocycles. The number of morpholine rings is 1. The molecule has 1 atom stereocenters. The molecule has 2 fully saturated rings. The van der Waals surface area contributed by atoms with Crippen molar-refractivity contribution in [3.05, 3.63) is 35.5 Å². The van der Waals surface area contributed by atoms with Crippen LogP contribution in [0.2, 0.25) is 0 Å². The van der Waals surface area contributed by atoms with Crippen LogP contribution in [0.4, 0.5) is 5.82 Å². The monoisotopic (exact) mass is 435 g/mol. The molecule has 4 aromatic heterocycles. The molecule has 6 rings (SSSR count). The first-order valence-electron chi connectivity index (χ1n) is 10.9. The van der Waals surface area contributed by atoms with E-state index in [-0.39, 0.29) is 6.04 Å². The molecule has 2 aliphatic rings. The van der Waals surface area contributed by atoms with E-state index >= 15 is 0 Å². The maximum atomic E-state index is 5.70. The number of anilines is 1. The van der Waals surface area contributed by atoms with Crippen LogP contribution in [-0.4, -0.2) is 59.0 Å². The highest BCUT2D eigenvalue weighted by molar-refractivity contribution is 7.18. The maximum absolute atomic E-state index is 5.70. The van der Waals surface area contributed by atoms with Gasteiger partial charge in [0.2, 0.25) is 0 Å². The van der Waals surface area contributed by atoms with E-state index in [4.69, 9.17) is 19.4 Å². The molecule has 0 amide bonds. The number of aromatic nitrogens is 4. The summed E-state index contributed by atoms with van der Waals surface area (Å²) < 4.78 is 12.5. The number of rotatable bonds is 3. The third-order valence-electron chi connectivity index (χ3n) is 6.43. The fourth-order valence-electron chi connectivity index (χ4n) is 4.73. The Labute approximate surface area is 184 Å². The minimum absolute atomic E-state index is 0.276. The highest BCUT2D eigenvalue weighted by atomic mass is 32.1. The zero-order chi connectivity index (χ0) is 20.8. The lowest BCUT2D eigenvalue weighted by molar-refractivity contribution is 0.0856. The molecule has 0 aliphatic carbocycles. The third kappa shape index (κ3) is 3.30. The van der Waals surface area contributed by atoms with E-state index in [1.807, 2.05) is 18.5 Å². The van der Waals surface area contributed by atoms with E-state index < -0.39 is 0 Å². The van der Waals surface area contributed by atoms with Gasteiger partial charge in [0.05, 0.1) is 29.5 Å². The van der Waals surface area contributed by atoms with Crippen LogP contribution in [0.5, 0.6) is 0 Å². The second-order valence-corrected chi connectivity index (χ2v) is 9.22. The van der Waals surface area contributed by atoms with Crippen LogP contribution in [0.15, 0.2) is 29.9 Å². The number of fused-ring (bicyclic) bond motifs is 2. The molecular formula is C23H25N5O2S. The van der Waals surface area contributed by atoms with E-state index in [2.05, 4.69) is 33.2 Å². The predicted octanol–water partition coefficient (Wildman–Crippen LogP) is 4.35. The summed E-state index contributed by atoms with van der Waals surface area (Å²) in [5.41, 5.74) is 4.31.